The lowest BCUT2D eigenvalue weighted by Crippen LogP contribution is -2.55. The van der Waals surface area contributed by atoms with E-state index in [0.29, 0.717) is 58.7 Å². The van der Waals surface area contributed by atoms with E-state index >= 15 is 0 Å². The number of hydrogen-bond acceptors (Lipinski definition) is 4. The number of carbonyl (C=O) groups excluding carboxylic acids is 4. The van der Waals surface area contributed by atoms with Crippen LogP contribution in [0.5, 0.6) is 0 Å². The summed E-state index contributed by atoms with van der Waals surface area (Å²) in [6.45, 7) is 11.7. The van der Waals surface area contributed by atoms with Crippen LogP contribution < -0.4 is 0 Å². The van der Waals surface area contributed by atoms with Crippen molar-refractivity contribution in [2.24, 2.45) is 0 Å². The molecule has 6 heteroatoms. The van der Waals surface area contributed by atoms with Crippen LogP contribution in [0.15, 0.2) is 24.3 Å². The first-order valence-electron chi connectivity index (χ1n) is 11.5. The fourth-order valence-corrected chi connectivity index (χ4v) is 4.99. The van der Waals surface area contributed by atoms with Crippen LogP contribution in [0.4, 0.5) is 0 Å². The van der Waals surface area contributed by atoms with Crippen molar-refractivity contribution in [3.63, 3.8) is 0 Å². The molecule has 0 aliphatic carbocycles. The molecular weight excluding hydrogens is 404 g/mol. The summed E-state index contributed by atoms with van der Waals surface area (Å²) >= 11 is 0. The average molecular weight is 435 g/mol. The van der Waals surface area contributed by atoms with E-state index < -0.39 is 11.1 Å². The van der Waals surface area contributed by atoms with Gasteiger partial charge in [0.15, 0.2) is 0 Å². The molecule has 4 amide bonds. The highest BCUT2D eigenvalue weighted by atomic mass is 16.2. The number of nitrogens with zero attached hydrogens (tertiary/aromatic N) is 2. The lowest BCUT2D eigenvalue weighted by Gasteiger charge is -2.43. The number of imide groups is 2. The van der Waals surface area contributed by atoms with E-state index in [-0.39, 0.29) is 23.6 Å². The Balaban J connectivity index is 1.99. The van der Waals surface area contributed by atoms with Crippen LogP contribution in [-0.2, 0) is 0 Å². The van der Waals surface area contributed by atoms with Gasteiger partial charge in [-0.2, -0.15) is 0 Å². The van der Waals surface area contributed by atoms with Crippen molar-refractivity contribution < 1.29 is 19.2 Å². The maximum Gasteiger partial charge on any atom is 0.261 e. The smallest absolute Gasteiger partial charge is 0.261 e. The van der Waals surface area contributed by atoms with Gasteiger partial charge in [0.25, 0.3) is 23.6 Å². The predicted molar refractivity (Wildman–Crippen MR) is 123 cm³/mol. The zero-order valence-corrected chi connectivity index (χ0v) is 19.7. The van der Waals surface area contributed by atoms with Crippen molar-refractivity contribution in [2.45, 2.75) is 78.3 Å². The van der Waals surface area contributed by atoms with Gasteiger partial charge >= 0.3 is 0 Å². The maximum atomic E-state index is 13.5. The second-order valence-electron chi connectivity index (χ2n) is 9.37. The molecule has 0 saturated carbocycles. The SMILES string of the molecule is CCC(C)(CC)N1C(=O)c2ccc3c4c(ccc(c24)C1=O)C(=O)N(C(C)(CC)CC)C3=O. The summed E-state index contributed by atoms with van der Waals surface area (Å²) in [5, 5.41) is 0.855. The average Bonchev–Trinajstić information content (AvgIpc) is 2.80. The summed E-state index contributed by atoms with van der Waals surface area (Å²) in [6, 6.07) is 6.55. The van der Waals surface area contributed by atoms with Crippen LogP contribution in [0.3, 0.4) is 0 Å². The van der Waals surface area contributed by atoms with E-state index in [1.54, 1.807) is 24.3 Å². The Hall–Kier alpha value is -3.02. The first-order chi connectivity index (χ1) is 15.1. The second kappa shape index (κ2) is 7.26. The highest BCUT2D eigenvalue weighted by Gasteiger charge is 2.47. The fraction of sp³-hybridized carbons (Fsp3) is 0.462. The monoisotopic (exact) mass is 434 g/mol. The van der Waals surface area contributed by atoms with E-state index in [1.807, 2.05) is 41.5 Å². The number of benzene rings is 2. The van der Waals surface area contributed by atoms with Crippen molar-refractivity contribution >= 4 is 34.4 Å². The Bertz CT molecular complexity index is 1020. The molecule has 0 unspecified atom stereocenters. The number of amides is 4. The van der Waals surface area contributed by atoms with Crippen molar-refractivity contribution in [1.29, 1.82) is 0 Å². The molecule has 0 atom stereocenters. The van der Waals surface area contributed by atoms with Gasteiger partial charge in [0, 0.05) is 44.1 Å². The summed E-state index contributed by atoms with van der Waals surface area (Å²) in [5.74, 6) is -1.48. The zero-order chi connectivity index (χ0) is 23.6. The lowest BCUT2D eigenvalue weighted by molar-refractivity contribution is 0.0364. The van der Waals surface area contributed by atoms with Crippen molar-refractivity contribution in [1.82, 2.24) is 9.80 Å². The molecule has 2 aromatic rings. The first kappa shape index (κ1) is 22.2. The molecule has 0 bridgehead atoms. The lowest BCUT2D eigenvalue weighted by atomic mass is 9.81. The third-order valence-corrected chi connectivity index (χ3v) is 8.02. The summed E-state index contributed by atoms with van der Waals surface area (Å²) in [6.07, 6.45) is 2.53. The Labute approximate surface area is 188 Å². The number of rotatable bonds is 6. The molecule has 2 aliphatic rings. The van der Waals surface area contributed by atoms with Crippen molar-refractivity contribution in [3.8, 4) is 0 Å². The van der Waals surface area contributed by atoms with Crippen LogP contribution in [0.25, 0.3) is 10.8 Å². The third-order valence-electron chi connectivity index (χ3n) is 8.02. The maximum absolute atomic E-state index is 13.5. The predicted octanol–water partition coefficient (Wildman–Crippen LogP) is 5.19. The van der Waals surface area contributed by atoms with Crippen molar-refractivity contribution in [2.75, 3.05) is 0 Å². The molecule has 0 N–H and O–H groups in total. The van der Waals surface area contributed by atoms with E-state index in [2.05, 4.69) is 0 Å². The molecule has 32 heavy (non-hydrogen) atoms. The molecule has 0 spiro atoms. The molecule has 0 saturated heterocycles. The topological polar surface area (TPSA) is 74.8 Å². The van der Waals surface area contributed by atoms with Gasteiger partial charge in [0.1, 0.15) is 0 Å². The van der Waals surface area contributed by atoms with Gasteiger partial charge in [-0.25, -0.2) is 0 Å². The van der Waals surface area contributed by atoms with E-state index in [4.69, 9.17) is 0 Å². The summed E-state index contributed by atoms with van der Waals surface area (Å²) in [7, 11) is 0. The molecule has 2 aromatic carbocycles. The van der Waals surface area contributed by atoms with Crippen LogP contribution in [0.2, 0.25) is 0 Å². The number of carbonyl (C=O) groups is 4. The van der Waals surface area contributed by atoms with Gasteiger partial charge in [0.05, 0.1) is 0 Å². The highest BCUT2D eigenvalue weighted by Crippen LogP contribution is 2.42. The summed E-state index contributed by atoms with van der Waals surface area (Å²) in [5.41, 5.74) is 0.262. The molecular formula is C26H30N2O4. The van der Waals surface area contributed by atoms with Gasteiger partial charge in [0.2, 0.25) is 0 Å². The molecule has 168 valence electrons. The van der Waals surface area contributed by atoms with Crippen LogP contribution in [0, 0.1) is 0 Å². The van der Waals surface area contributed by atoms with Crippen LogP contribution in [-0.4, -0.2) is 44.5 Å². The number of hydrogen-bond donors (Lipinski definition) is 0. The fourth-order valence-electron chi connectivity index (χ4n) is 4.99. The Kier molecular flexibility index (Phi) is 5.03. The molecule has 4 rings (SSSR count). The van der Waals surface area contributed by atoms with Crippen LogP contribution >= 0.6 is 0 Å². The first-order valence-corrected chi connectivity index (χ1v) is 11.5. The van der Waals surface area contributed by atoms with Gasteiger partial charge in [-0.05, 0) is 63.8 Å². The zero-order valence-electron chi connectivity index (χ0n) is 19.7. The molecule has 2 heterocycles. The molecule has 0 radical (unpaired) electrons. The van der Waals surface area contributed by atoms with E-state index in [1.165, 1.54) is 9.80 Å². The minimum Gasteiger partial charge on any atom is -0.269 e. The Morgan fingerprint density at radius 3 is 0.938 bits per heavy atom. The third kappa shape index (κ3) is 2.64. The standard InChI is InChI=1S/C26H30N2O4/c1-7-25(5,8-2)27-21(29)15-11-13-17-20-18(14-12-16(19(15)20)22(27)30)24(32)28(23(17)31)26(6,9-3)10-4/h11-14H,7-10H2,1-6H3. The summed E-state index contributed by atoms with van der Waals surface area (Å²) < 4.78 is 0. The Morgan fingerprint density at radius 1 is 0.531 bits per heavy atom. The molecule has 0 fully saturated rings. The highest BCUT2D eigenvalue weighted by molar-refractivity contribution is 6.33. The van der Waals surface area contributed by atoms with Gasteiger partial charge < -0.3 is 0 Å². The normalized spacial score (nSPS) is 16.4. The van der Waals surface area contributed by atoms with E-state index in [0.717, 1.165) is 0 Å². The van der Waals surface area contributed by atoms with E-state index in [9.17, 15) is 19.2 Å². The molecule has 0 aromatic heterocycles. The van der Waals surface area contributed by atoms with Gasteiger partial charge in [-0.15, -0.1) is 0 Å². The van der Waals surface area contributed by atoms with Gasteiger partial charge in [-0.3, -0.25) is 29.0 Å². The van der Waals surface area contributed by atoms with Crippen molar-refractivity contribution in [3.05, 3.63) is 46.5 Å². The van der Waals surface area contributed by atoms with Crippen LogP contribution in [0.1, 0.15) is 109 Å². The van der Waals surface area contributed by atoms with Gasteiger partial charge in [-0.1, -0.05) is 27.7 Å². The minimum atomic E-state index is -0.612. The molecule has 6 nitrogen and oxygen atoms in total. The quantitative estimate of drug-likeness (QED) is 0.587. The summed E-state index contributed by atoms with van der Waals surface area (Å²) in [4.78, 5) is 56.8. The second-order valence-corrected chi connectivity index (χ2v) is 9.37. The molecule has 2 aliphatic heterocycles. The minimum absolute atomic E-state index is 0.369. The Morgan fingerprint density at radius 2 is 0.750 bits per heavy atom. The largest absolute Gasteiger partial charge is 0.269 e.